The Morgan fingerprint density at radius 2 is 1.91 bits per heavy atom. The molecule has 23 heavy (non-hydrogen) atoms. The molecule has 0 unspecified atom stereocenters. The van der Waals surface area contributed by atoms with Crippen molar-refractivity contribution in [3.05, 3.63) is 41.7 Å². The number of hydrogen-bond donors (Lipinski definition) is 1. The van der Waals surface area contributed by atoms with E-state index in [0.717, 1.165) is 30.5 Å². The quantitative estimate of drug-likeness (QED) is 0.845. The van der Waals surface area contributed by atoms with Gasteiger partial charge in [0, 0.05) is 31.8 Å². The second-order valence-electron chi connectivity index (χ2n) is 6.88. The number of amides is 1. The summed E-state index contributed by atoms with van der Waals surface area (Å²) < 4.78 is 12.8. The van der Waals surface area contributed by atoms with Gasteiger partial charge >= 0.3 is 0 Å². The van der Waals surface area contributed by atoms with Gasteiger partial charge in [-0.3, -0.25) is 9.69 Å². The molecule has 126 valence electrons. The summed E-state index contributed by atoms with van der Waals surface area (Å²) in [5, 5.41) is 2.95. The van der Waals surface area contributed by atoms with E-state index in [4.69, 9.17) is 0 Å². The van der Waals surface area contributed by atoms with E-state index >= 15 is 0 Å². The summed E-state index contributed by atoms with van der Waals surface area (Å²) in [6, 6.07) is 6.41. The molecule has 1 saturated heterocycles. The Morgan fingerprint density at radius 1 is 1.30 bits per heavy atom. The maximum atomic E-state index is 12.8. The lowest BCUT2D eigenvalue weighted by Gasteiger charge is -2.38. The SMILES string of the molecule is C[C@@H]1C[C@@H](C)CN([C@H](C)CNC(=O)/C=C/c2ccc(F)cc2)C1. The number of carbonyl (C=O) groups is 1. The van der Waals surface area contributed by atoms with Crippen molar-refractivity contribution < 1.29 is 9.18 Å². The summed E-state index contributed by atoms with van der Waals surface area (Å²) in [4.78, 5) is 14.4. The smallest absolute Gasteiger partial charge is 0.244 e. The highest BCUT2D eigenvalue weighted by molar-refractivity contribution is 5.91. The Kier molecular flexibility index (Phi) is 6.34. The zero-order valence-corrected chi connectivity index (χ0v) is 14.3. The van der Waals surface area contributed by atoms with Crippen LogP contribution >= 0.6 is 0 Å². The molecule has 3 atom stereocenters. The van der Waals surface area contributed by atoms with Crippen LogP contribution in [0.4, 0.5) is 4.39 Å². The summed E-state index contributed by atoms with van der Waals surface area (Å²) in [7, 11) is 0. The number of rotatable bonds is 5. The minimum atomic E-state index is -0.273. The summed E-state index contributed by atoms with van der Waals surface area (Å²) in [6.45, 7) is 9.60. The molecule has 1 heterocycles. The predicted octanol–water partition coefficient (Wildman–Crippen LogP) is 3.32. The van der Waals surface area contributed by atoms with E-state index in [9.17, 15) is 9.18 Å². The van der Waals surface area contributed by atoms with Gasteiger partial charge in [0.1, 0.15) is 5.82 Å². The Morgan fingerprint density at radius 3 is 2.52 bits per heavy atom. The van der Waals surface area contributed by atoms with E-state index < -0.39 is 0 Å². The first-order chi connectivity index (χ1) is 10.9. The topological polar surface area (TPSA) is 32.3 Å². The molecule has 1 amide bonds. The molecule has 0 radical (unpaired) electrons. The fraction of sp³-hybridized carbons (Fsp3) is 0.526. The van der Waals surface area contributed by atoms with Crippen molar-refractivity contribution >= 4 is 12.0 Å². The Bertz CT molecular complexity index is 531. The van der Waals surface area contributed by atoms with Crippen LogP contribution in [0.1, 0.15) is 32.8 Å². The Hall–Kier alpha value is -1.68. The first-order valence-electron chi connectivity index (χ1n) is 8.39. The molecular formula is C19H27FN2O. The van der Waals surface area contributed by atoms with Gasteiger partial charge in [0.25, 0.3) is 0 Å². The van der Waals surface area contributed by atoms with Crippen molar-refractivity contribution in [1.29, 1.82) is 0 Å². The van der Waals surface area contributed by atoms with Gasteiger partial charge in [-0.15, -0.1) is 0 Å². The summed E-state index contributed by atoms with van der Waals surface area (Å²) >= 11 is 0. The van der Waals surface area contributed by atoms with Crippen molar-refractivity contribution in [2.75, 3.05) is 19.6 Å². The zero-order valence-electron chi connectivity index (χ0n) is 14.3. The molecule has 1 aromatic carbocycles. The molecule has 0 spiro atoms. The van der Waals surface area contributed by atoms with Crippen LogP contribution in [-0.4, -0.2) is 36.5 Å². The standard InChI is InChI=1S/C19H27FN2O/c1-14-10-15(2)13-22(12-14)16(3)11-21-19(23)9-6-17-4-7-18(20)8-5-17/h4-9,14-16H,10-13H2,1-3H3,(H,21,23)/b9-6+/t14-,15-,16-/m1/s1. The van der Waals surface area contributed by atoms with Gasteiger partial charge in [-0.25, -0.2) is 4.39 Å². The van der Waals surface area contributed by atoms with Gasteiger partial charge in [-0.1, -0.05) is 26.0 Å². The molecule has 1 aliphatic rings. The third kappa shape index (κ3) is 5.79. The summed E-state index contributed by atoms with van der Waals surface area (Å²) in [6.07, 6.45) is 4.49. The van der Waals surface area contributed by atoms with Gasteiger partial charge in [0.2, 0.25) is 5.91 Å². The lowest BCUT2D eigenvalue weighted by Crippen LogP contribution is -2.48. The second kappa shape index (κ2) is 8.25. The molecular weight excluding hydrogens is 291 g/mol. The fourth-order valence-corrected chi connectivity index (χ4v) is 3.25. The largest absolute Gasteiger partial charge is 0.351 e. The molecule has 1 aromatic rings. The minimum absolute atomic E-state index is 0.112. The molecule has 1 N–H and O–H groups in total. The first-order valence-corrected chi connectivity index (χ1v) is 8.39. The van der Waals surface area contributed by atoms with Gasteiger partial charge in [-0.05, 0) is 49.0 Å². The predicted molar refractivity (Wildman–Crippen MR) is 92.4 cm³/mol. The molecule has 0 aliphatic carbocycles. The van der Waals surface area contributed by atoms with Crippen LogP contribution in [0.5, 0.6) is 0 Å². The monoisotopic (exact) mass is 318 g/mol. The molecule has 0 saturated carbocycles. The van der Waals surface area contributed by atoms with Crippen LogP contribution < -0.4 is 5.32 Å². The number of nitrogens with zero attached hydrogens (tertiary/aromatic N) is 1. The van der Waals surface area contributed by atoms with Crippen LogP contribution in [0.25, 0.3) is 6.08 Å². The van der Waals surface area contributed by atoms with E-state index in [0.29, 0.717) is 12.6 Å². The third-order valence-corrected chi connectivity index (χ3v) is 4.39. The Labute approximate surface area is 138 Å². The molecule has 3 nitrogen and oxygen atoms in total. The highest BCUT2D eigenvalue weighted by Crippen LogP contribution is 2.22. The Balaban J connectivity index is 1.78. The highest BCUT2D eigenvalue weighted by Gasteiger charge is 2.25. The number of benzene rings is 1. The lowest BCUT2D eigenvalue weighted by molar-refractivity contribution is -0.116. The first kappa shape index (κ1) is 17.7. The molecule has 1 aliphatic heterocycles. The van der Waals surface area contributed by atoms with Gasteiger partial charge in [-0.2, -0.15) is 0 Å². The van der Waals surface area contributed by atoms with E-state index in [1.807, 2.05) is 0 Å². The normalized spacial score (nSPS) is 23.8. The van der Waals surface area contributed by atoms with E-state index in [1.54, 1.807) is 18.2 Å². The van der Waals surface area contributed by atoms with Crippen LogP contribution in [0.2, 0.25) is 0 Å². The maximum absolute atomic E-state index is 12.8. The van der Waals surface area contributed by atoms with Crippen molar-refractivity contribution in [2.24, 2.45) is 11.8 Å². The summed E-state index contributed by atoms with van der Waals surface area (Å²) in [5.74, 6) is 1.05. The molecule has 0 aromatic heterocycles. The fourth-order valence-electron chi connectivity index (χ4n) is 3.25. The lowest BCUT2D eigenvalue weighted by atomic mass is 9.91. The van der Waals surface area contributed by atoms with Crippen molar-refractivity contribution in [3.63, 3.8) is 0 Å². The van der Waals surface area contributed by atoms with Gasteiger partial charge < -0.3 is 5.32 Å². The number of hydrogen-bond acceptors (Lipinski definition) is 2. The maximum Gasteiger partial charge on any atom is 0.244 e. The number of likely N-dealkylation sites (tertiary alicyclic amines) is 1. The number of carbonyl (C=O) groups excluding carboxylic acids is 1. The highest BCUT2D eigenvalue weighted by atomic mass is 19.1. The van der Waals surface area contributed by atoms with E-state index in [2.05, 4.69) is 31.0 Å². The minimum Gasteiger partial charge on any atom is -0.351 e. The summed E-state index contributed by atoms with van der Waals surface area (Å²) in [5.41, 5.74) is 0.813. The molecule has 4 heteroatoms. The third-order valence-electron chi connectivity index (χ3n) is 4.39. The number of halogens is 1. The van der Waals surface area contributed by atoms with Crippen molar-refractivity contribution in [1.82, 2.24) is 10.2 Å². The van der Waals surface area contributed by atoms with Crippen molar-refractivity contribution in [3.8, 4) is 0 Å². The van der Waals surface area contributed by atoms with Crippen LogP contribution in [-0.2, 0) is 4.79 Å². The van der Waals surface area contributed by atoms with Crippen LogP contribution in [0.15, 0.2) is 30.3 Å². The average Bonchev–Trinajstić information content (AvgIpc) is 2.51. The zero-order chi connectivity index (χ0) is 16.8. The van der Waals surface area contributed by atoms with Crippen LogP contribution in [0, 0.1) is 17.7 Å². The van der Waals surface area contributed by atoms with Crippen molar-refractivity contribution in [2.45, 2.75) is 33.2 Å². The molecule has 1 fully saturated rings. The second-order valence-corrected chi connectivity index (χ2v) is 6.88. The van der Waals surface area contributed by atoms with Crippen LogP contribution in [0.3, 0.4) is 0 Å². The van der Waals surface area contributed by atoms with E-state index in [-0.39, 0.29) is 11.7 Å². The molecule has 0 bridgehead atoms. The van der Waals surface area contributed by atoms with Gasteiger partial charge in [0.15, 0.2) is 0 Å². The van der Waals surface area contributed by atoms with Gasteiger partial charge in [0.05, 0.1) is 0 Å². The number of piperidine rings is 1. The number of nitrogens with one attached hydrogen (secondary N) is 1. The van der Waals surface area contributed by atoms with E-state index in [1.165, 1.54) is 24.6 Å². The molecule has 2 rings (SSSR count). The average molecular weight is 318 g/mol.